The summed E-state index contributed by atoms with van der Waals surface area (Å²) in [6.45, 7) is 1.68. The molecule has 2 amide bonds. The number of carbonyl (C=O) groups is 1. The van der Waals surface area contributed by atoms with Gasteiger partial charge < -0.3 is 10.6 Å². The number of halogens is 3. The van der Waals surface area contributed by atoms with Crippen molar-refractivity contribution in [3.63, 3.8) is 0 Å². The molecule has 0 heterocycles. The van der Waals surface area contributed by atoms with Crippen LogP contribution in [0.5, 0.6) is 0 Å². The van der Waals surface area contributed by atoms with Gasteiger partial charge in [-0.2, -0.15) is 13.2 Å². The molecule has 0 radical (unpaired) electrons. The lowest BCUT2D eigenvalue weighted by molar-refractivity contribution is -0.187. The highest BCUT2D eigenvalue weighted by molar-refractivity contribution is 7.90. The molecule has 1 fully saturated rings. The van der Waals surface area contributed by atoms with Crippen LogP contribution >= 0.6 is 0 Å². The third-order valence-corrected chi connectivity index (χ3v) is 5.79. The van der Waals surface area contributed by atoms with Crippen molar-refractivity contribution >= 4 is 15.9 Å². The Balaban J connectivity index is 1.98. The van der Waals surface area contributed by atoms with Crippen LogP contribution in [-0.2, 0) is 9.84 Å². The molecule has 1 aromatic carbocycles. The number of amides is 2. The standard InChI is InChI=1S/C17H23F3N2O3S/c1-11(12-7-9-13(10-8-12)26(2,24)25)21-16(23)22-15-6-4-3-5-14(15)17(18,19)20/h7-11,14-15H,3-6H2,1-2H3,(H2,21,22,23)/t11-,14-,15+/m0/s1. The van der Waals surface area contributed by atoms with E-state index in [0.29, 0.717) is 24.8 Å². The predicted molar refractivity (Wildman–Crippen MR) is 91.4 cm³/mol. The van der Waals surface area contributed by atoms with E-state index in [1.54, 1.807) is 19.1 Å². The number of alkyl halides is 3. The summed E-state index contributed by atoms with van der Waals surface area (Å²) in [4.78, 5) is 12.3. The molecule has 3 atom stereocenters. The lowest BCUT2D eigenvalue weighted by atomic mass is 9.84. The molecule has 9 heteroatoms. The van der Waals surface area contributed by atoms with Crippen molar-refractivity contribution < 1.29 is 26.4 Å². The highest BCUT2D eigenvalue weighted by Crippen LogP contribution is 2.37. The maximum absolute atomic E-state index is 13.1. The lowest BCUT2D eigenvalue weighted by Crippen LogP contribution is -2.51. The minimum Gasteiger partial charge on any atom is -0.335 e. The van der Waals surface area contributed by atoms with Crippen molar-refractivity contribution in [3.8, 4) is 0 Å². The summed E-state index contributed by atoms with van der Waals surface area (Å²) in [6, 6.07) is 3.94. The third kappa shape index (κ3) is 5.36. The Hall–Kier alpha value is -1.77. The summed E-state index contributed by atoms with van der Waals surface area (Å²) in [7, 11) is -3.31. The van der Waals surface area contributed by atoms with Gasteiger partial charge in [-0.05, 0) is 37.5 Å². The largest absolute Gasteiger partial charge is 0.393 e. The summed E-state index contributed by atoms with van der Waals surface area (Å²) < 4.78 is 62.2. The van der Waals surface area contributed by atoms with Gasteiger partial charge in [-0.1, -0.05) is 25.0 Å². The van der Waals surface area contributed by atoms with Gasteiger partial charge in [0.1, 0.15) is 0 Å². The van der Waals surface area contributed by atoms with Crippen LogP contribution in [0.25, 0.3) is 0 Å². The number of sulfone groups is 1. The normalized spacial score (nSPS) is 22.5. The number of carbonyl (C=O) groups excluding carboxylic acids is 1. The average Bonchev–Trinajstić information content (AvgIpc) is 2.53. The van der Waals surface area contributed by atoms with E-state index in [1.165, 1.54) is 12.1 Å². The molecule has 2 N–H and O–H groups in total. The number of rotatable bonds is 4. The quantitative estimate of drug-likeness (QED) is 0.823. The minimum atomic E-state index is -4.33. The van der Waals surface area contributed by atoms with Gasteiger partial charge in [0.15, 0.2) is 9.84 Å². The van der Waals surface area contributed by atoms with Crippen LogP contribution in [0.15, 0.2) is 29.2 Å². The van der Waals surface area contributed by atoms with Gasteiger partial charge in [0, 0.05) is 12.3 Å². The van der Waals surface area contributed by atoms with Gasteiger partial charge in [0.25, 0.3) is 0 Å². The second-order valence-electron chi connectivity index (χ2n) is 6.72. The fourth-order valence-electron chi connectivity index (χ4n) is 3.19. The Kier molecular flexibility index (Phi) is 6.21. The van der Waals surface area contributed by atoms with Crippen LogP contribution in [0, 0.1) is 5.92 Å². The van der Waals surface area contributed by atoms with Crippen molar-refractivity contribution in [1.82, 2.24) is 10.6 Å². The lowest BCUT2D eigenvalue weighted by Gasteiger charge is -2.33. The van der Waals surface area contributed by atoms with Gasteiger partial charge in [0.2, 0.25) is 0 Å². The smallest absolute Gasteiger partial charge is 0.335 e. The van der Waals surface area contributed by atoms with E-state index in [4.69, 9.17) is 0 Å². The predicted octanol–water partition coefficient (Wildman–Crippen LogP) is 3.57. The number of urea groups is 1. The Morgan fingerprint density at radius 3 is 2.27 bits per heavy atom. The van der Waals surface area contributed by atoms with Gasteiger partial charge in [-0.3, -0.25) is 0 Å². The fourth-order valence-corrected chi connectivity index (χ4v) is 3.82. The molecular weight excluding hydrogens is 369 g/mol. The van der Waals surface area contributed by atoms with Gasteiger partial charge >= 0.3 is 12.2 Å². The maximum Gasteiger partial charge on any atom is 0.393 e. The summed E-state index contributed by atoms with van der Waals surface area (Å²) in [6.07, 6.45) is -1.75. The van der Waals surface area contributed by atoms with Crippen LogP contribution in [0.1, 0.15) is 44.2 Å². The van der Waals surface area contributed by atoms with Crippen molar-refractivity contribution in [2.24, 2.45) is 5.92 Å². The number of hydrogen-bond acceptors (Lipinski definition) is 3. The first-order chi connectivity index (χ1) is 12.0. The van der Waals surface area contributed by atoms with E-state index < -0.39 is 40.0 Å². The van der Waals surface area contributed by atoms with Crippen LogP contribution in [-0.4, -0.2) is 32.9 Å². The molecule has 0 spiro atoms. The van der Waals surface area contributed by atoms with Gasteiger partial charge in [-0.25, -0.2) is 13.2 Å². The maximum atomic E-state index is 13.1. The summed E-state index contributed by atoms with van der Waals surface area (Å²) >= 11 is 0. The van der Waals surface area contributed by atoms with E-state index in [9.17, 15) is 26.4 Å². The molecule has 26 heavy (non-hydrogen) atoms. The van der Waals surface area contributed by atoms with E-state index in [2.05, 4.69) is 10.6 Å². The molecule has 146 valence electrons. The first-order valence-electron chi connectivity index (χ1n) is 8.42. The molecule has 2 rings (SSSR count). The Bertz CT molecular complexity index is 733. The van der Waals surface area contributed by atoms with Crippen LogP contribution in [0.2, 0.25) is 0 Å². The first-order valence-corrected chi connectivity index (χ1v) is 10.3. The number of benzene rings is 1. The van der Waals surface area contributed by atoms with Gasteiger partial charge in [0.05, 0.1) is 16.9 Å². The summed E-state index contributed by atoms with van der Waals surface area (Å²) in [5, 5.41) is 5.05. The molecule has 1 aliphatic rings. The molecule has 0 aliphatic heterocycles. The molecule has 1 aromatic rings. The monoisotopic (exact) mass is 392 g/mol. The third-order valence-electron chi connectivity index (χ3n) is 4.66. The van der Waals surface area contributed by atoms with Crippen molar-refractivity contribution in [1.29, 1.82) is 0 Å². The summed E-state index contributed by atoms with van der Waals surface area (Å²) in [5.74, 6) is -1.52. The minimum absolute atomic E-state index is 0.0248. The average molecular weight is 392 g/mol. The van der Waals surface area contributed by atoms with Crippen molar-refractivity contribution in [2.45, 2.75) is 55.8 Å². The van der Waals surface area contributed by atoms with Crippen LogP contribution in [0.3, 0.4) is 0 Å². The molecule has 0 unspecified atom stereocenters. The highest BCUT2D eigenvalue weighted by atomic mass is 32.2. The molecule has 1 aliphatic carbocycles. The van der Waals surface area contributed by atoms with Crippen LogP contribution < -0.4 is 10.6 Å². The zero-order chi connectivity index (χ0) is 19.5. The summed E-state index contributed by atoms with van der Waals surface area (Å²) in [5.41, 5.74) is 0.656. The van der Waals surface area contributed by atoms with Crippen molar-refractivity contribution in [2.75, 3.05) is 6.26 Å². The SMILES string of the molecule is C[C@H](NC(=O)N[C@@H]1CCCC[C@@H]1C(F)(F)F)c1ccc(S(C)(=O)=O)cc1. The highest BCUT2D eigenvalue weighted by Gasteiger charge is 2.46. The van der Waals surface area contributed by atoms with Gasteiger partial charge in [-0.15, -0.1) is 0 Å². The van der Waals surface area contributed by atoms with E-state index in [0.717, 1.165) is 6.26 Å². The Morgan fingerprint density at radius 2 is 1.73 bits per heavy atom. The molecule has 0 aromatic heterocycles. The second kappa shape index (κ2) is 7.85. The van der Waals surface area contributed by atoms with E-state index >= 15 is 0 Å². The Labute approximate surface area is 151 Å². The van der Waals surface area contributed by atoms with Crippen LogP contribution in [0.4, 0.5) is 18.0 Å². The second-order valence-corrected chi connectivity index (χ2v) is 8.74. The van der Waals surface area contributed by atoms with Crippen molar-refractivity contribution in [3.05, 3.63) is 29.8 Å². The zero-order valence-corrected chi connectivity index (χ0v) is 15.5. The molecular formula is C17H23F3N2O3S. The van der Waals surface area contributed by atoms with E-state index in [-0.39, 0.29) is 11.3 Å². The fraction of sp³-hybridized carbons (Fsp3) is 0.588. The van der Waals surface area contributed by atoms with E-state index in [1.807, 2.05) is 0 Å². The topological polar surface area (TPSA) is 75.3 Å². The zero-order valence-electron chi connectivity index (χ0n) is 14.6. The Morgan fingerprint density at radius 1 is 1.15 bits per heavy atom. The molecule has 1 saturated carbocycles. The molecule has 0 bridgehead atoms. The number of nitrogens with one attached hydrogen (secondary N) is 2. The molecule has 5 nitrogen and oxygen atoms in total. The first kappa shape index (κ1) is 20.5. The molecule has 0 saturated heterocycles. The number of hydrogen-bond donors (Lipinski definition) is 2.